The number of nitrogens with zero attached hydrogens (tertiary/aromatic N) is 1. The van der Waals surface area contributed by atoms with Gasteiger partial charge in [0.15, 0.2) is 0 Å². The summed E-state index contributed by atoms with van der Waals surface area (Å²) in [5.74, 6) is -0.210. The van der Waals surface area contributed by atoms with Crippen molar-refractivity contribution in [2.24, 2.45) is 5.73 Å². The first-order valence-electron chi connectivity index (χ1n) is 6.08. The molecule has 94 valence electrons. The van der Waals surface area contributed by atoms with Gasteiger partial charge >= 0.3 is 0 Å². The van der Waals surface area contributed by atoms with E-state index in [0.29, 0.717) is 4.47 Å². The highest BCUT2D eigenvalue weighted by Gasteiger charge is 2.32. The predicted octanol–water partition coefficient (Wildman–Crippen LogP) is 3.07. The van der Waals surface area contributed by atoms with E-state index in [9.17, 15) is 4.39 Å². The molecule has 1 saturated heterocycles. The summed E-state index contributed by atoms with van der Waals surface area (Å²) in [7, 11) is 0. The lowest BCUT2D eigenvalue weighted by molar-refractivity contribution is 0.248. The normalized spacial score (nSPS) is 25.4. The SMILES string of the molecule is CCCN1CCC(N)C1c1ccc(Br)c(F)c1. The Bertz CT molecular complexity index is 395. The zero-order chi connectivity index (χ0) is 12.4. The monoisotopic (exact) mass is 300 g/mol. The van der Waals surface area contributed by atoms with E-state index in [0.717, 1.165) is 31.5 Å². The van der Waals surface area contributed by atoms with Crippen LogP contribution in [0.5, 0.6) is 0 Å². The van der Waals surface area contributed by atoms with Gasteiger partial charge in [0.1, 0.15) is 5.82 Å². The Kier molecular flexibility index (Phi) is 4.17. The Balaban J connectivity index is 2.26. The van der Waals surface area contributed by atoms with E-state index in [1.54, 1.807) is 12.1 Å². The number of hydrogen-bond acceptors (Lipinski definition) is 2. The van der Waals surface area contributed by atoms with E-state index >= 15 is 0 Å². The third-order valence-corrected chi connectivity index (χ3v) is 3.99. The second kappa shape index (κ2) is 5.46. The molecule has 0 saturated carbocycles. The van der Waals surface area contributed by atoms with E-state index in [4.69, 9.17) is 5.73 Å². The summed E-state index contributed by atoms with van der Waals surface area (Å²) in [5.41, 5.74) is 7.13. The summed E-state index contributed by atoms with van der Waals surface area (Å²) in [6.45, 7) is 4.19. The highest BCUT2D eigenvalue weighted by Crippen LogP contribution is 2.32. The van der Waals surface area contributed by atoms with Crippen molar-refractivity contribution < 1.29 is 4.39 Å². The largest absolute Gasteiger partial charge is 0.326 e. The molecule has 0 aliphatic carbocycles. The molecule has 1 fully saturated rings. The molecule has 0 aromatic heterocycles. The maximum Gasteiger partial charge on any atom is 0.137 e. The van der Waals surface area contributed by atoms with Gasteiger partial charge in [-0.1, -0.05) is 13.0 Å². The van der Waals surface area contributed by atoms with Crippen LogP contribution in [0.4, 0.5) is 4.39 Å². The number of hydrogen-bond donors (Lipinski definition) is 1. The van der Waals surface area contributed by atoms with Crippen molar-refractivity contribution >= 4 is 15.9 Å². The number of benzene rings is 1. The Morgan fingerprint density at radius 1 is 1.53 bits per heavy atom. The first kappa shape index (κ1) is 13.0. The van der Waals surface area contributed by atoms with Crippen molar-refractivity contribution in [3.63, 3.8) is 0 Å². The fraction of sp³-hybridized carbons (Fsp3) is 0.538. The molecule has 17 heavy (non-hydrogen) atoms. The third-order valence-electron chi connectivity index (χ3n) is 3.34. The van der Waals surface area contributed by atoms with Gasteiger partial charge in [-0.3, -0.25) is 4.90 Å². The highest BCUT2D eigenvalue weighted by molar-refractivity contribution is 9.10. The van der Waals surface area contributed by atoms with Crippen LogP contribution < -0.4 is 5.73 Å². The lowest BCUT2D eigenvalue weighted by atomic mass is 10.0. The Labute approximate surface area is 110 Å². The lowest BCUT2D eigenvalue weighted by Gasteiger charge is -2.26. The molecule has 2 nitrogen and oxygen atoms in total. The predicted molar refractivity (Wildman–Crippen MR) is 71.3 cm³/mol. The molecule has 1 heterocycles. The van der Waals surface area contributed by atoms with Gasteiger partial charge in [0.05, 0.1) is 10.5 Å². The molecule has 2 N–H and O–H groups in total. The summed E-state index contributed by atoms with van der Waals surface area (Å²) in [6.07, 6.45) is 2.09. The summed E-state index contributed by atoms with van der Waals surface area (Å²) in [5, 5.41) is 0. The molecular formula is C13H18BrFN2. The van der Waals surface area contributed by atoms with E-state index in [1.165, 1.54) is 0 Å². The fourth-order valence-electron chi connectivity index (χ4n) is 2.58. The van der Waals surface area contributed by atoms with Gasteiger partial charge in [-0.05, 0) is 53.0 Å². The zero-order valence-electron chi connectivity index (χ0n) is 10.00. The van der Waals surface area contributed by atoms with Crippen molar-refractivity contribution in [3.05, 3.63) is 34.1 Å². The van der Waals surface area contributed by atoms with E-state index in [1.807, 2.05) is 6.07 Å². The maximum atomic E-state index is 13.6. The lowest BCUT2D eigenvalue weighted by Crippen LogP contribution is -2.32. The summed E-state index contributed by atoms with van der Waals surface area (Å²) in [6, 6.07) is 5.60. The van der Waals surface area contributed by atoms with Crippen molar-refractivity contribution in [2.45, 2.75) is 31.8 Å². The quantitative estimate of drug-likeness (QED) is 0.929. The molecule has 2 unspecified atom stereocenters. The smallest absolute Gasteiger partial charge is 0.137 e. The van der Waals surface area contributed by atoms with Crippen LogP contribution >= 0.6 is 15.9 Å². The van der Waals surface area contributed by atoms with Gasteiger partial charge in [0.2, 0.25) is 0 Å². The van der Waals surface area contributed by atoms with Gasteiger partial charge in [0.25, 0.3) is 0 Å². The van der Waals surface area contributed by atoms with Gasteiger partial charge in [0, 0.05) is 12.6 Å². The average molecular weight is 301 g/mol. The minimum atomic E-state index is -0.210. The van der Waals surface area contributed by atoms with E-state index in [-0.39, 0.29) is 17.9 Å². The van der Waals surface area contributed by atoms with E-state index in [2.05, 4.69) is 27.8 Å². The maximum absolute atomic E-state index is 13.6. The van der Waals surface area contributed by atoms with Crippen molar-refractivity contribution in [1.29, 1.82) is 0 Å². The number of rotatable bonds is 3. The molecule has 2 rings (SSSR count). The zero-order valence-corrected chi connectivity index (χ0v) is 11.6. The Morgan fingerprint density at radius 2 is 2.29 bits per heavy atom. The molecule has 0 amide bonds. The molecule has 1 aliphatic rings. The first-order chi connectivity index (χ1) is 8.13. The molecule has 1 aromatic carbocycles. The number of nitrogens with two attached hydrogens (primary N) is 1. The van der Waals surface area contributed by atoms with Crippen LogP contribution in [0, 0.1) is 5.82 Å². The van der Waals surface area contributed by atoms with Crippen LogP contribution in [-0.2, 0) is 0 Å². The Hall–Kier alpha value is -0.450. The van der Waals surface area contributed by atoms with Crippen molar-refractivity contribution in [1.82, 2.24) is 4.90 Å². The average Bonchev–Trinajstić information content (AvgIpc) is 2.65. The highest BCUT2D eigenvalue weighted by atomic mass is 79.9. The fourth-order valence-corrected chi connectivity index (χ4v) is 2.82. The Morgan fingerprint density at radius 3 is 2.94 bits per heavy atom. The standard InChI is InChI=1S/C13H18BrFN2/c1-2-6-17-7-5-12(16)13(17)9-3-4-10(14)11(15)8-9/h3-4,8,12-13H,2,5-7,16H2,1H3. The summed E-state index contributed by atoms with van der Waals surface area (Å²) < 4.78 is 14.1. The molecule has 2 atom stereocenters. The summed E-state index contributed by atoms with van der Waals surface area (Å²) >= 11 is 3.18. The van der Waals surface area contributed by atoms with Crippen LogP contribution in [0.15, 0.2) is 22.7 Å². The molecule has 4 heteroatoms. The van der Waals surface area contributed by atoms with Crippen LogP contribution in [0.3, 0.4) is 0 Å². The minimum absolute atomic E-state index is 0.113. The molecule has 1 aliphatic heterocycles. The molecule has 1 aromatic rings. The molecule has 0 spiro atoms. The minimum Gasteiger partial charge on any atom is -0.326 e. The van der Waals surface area contributed by atoms with E-state index < -0.39 is 0 Å². The number of halogens is 2. The van der Waals surface area contributed by atoms with Gasteiger partial charge in [-0.15, -0.1) is 0 Å². The first-order valence-corrected chi connectivity index (χ1v) is 6.87. The van der Waals surface area contributed by atoms with Crippen molar-refractivity contribution in [3.8, 4) is 0 Å². The van der Waals surface area contributed by atoms with Crippen LogP contribution in [0.1, 0.15) is 31.4 Å². The second-order valence-electron chi connectivity index (χ2n) is 4.61. The van der Waals surface area contributed by atoms with Gasteiger partial charge < -0.3 is 5.73 Å². The summed E-state index contributed by atoms with van der Waals surface area (Å²) in [4.78, 5) is 2.35. The van der Waals surface area contributed by atoms with Crippen molar-refractivity contribution in [2.75, 3.05) is 13.1 Å². The third kappa shape index (κ3) is 2.69. The topological polar surface area (TPSA) is 29.3 Å². The molecular weight excluding hydrogens is 283 g/mol. The van der Waals surface area contributed by atoms with Crippen LogP contribution in [-0.4, -0.2) is 24.0 Å². The van der Waals surface area contributed by atoms with Crippen LogP contribution in [0.25, 0.3) is 0 Å². The molecule has 0 bridgehead atoms. The van der Waals surface area contributed by atoms with Gasteiger partial charge in [-0.2, -0.15) is 0 Å². The number of likely N-dealkylation sites (tertiary alicyclic amines) is 1. The molecule has 0 radical (unpaired) electrons. The van der Waals surface area contributed by atoms with Crippen LogP contribution in [0.2, 0.25) is 0 Å². The van der Waals surface area contributed by atoms with Gasteiger partial charge in [-0.25, -0.2) is 4.39 Å². The second-order valence-corrected chi connectivity index (χ2v) is 5.46.